The number of hydrogen-bond donors (Lipinski definition) is 1. The zero-order valence-corrected chi connectivity index (χ0v) is 10.7. The van der Waals surface area contributed by atoms with E-state index in [-0.39, 0.29) is 0 Å². The van der Waals surface area contributed by atoms with Gasteiger partial charge in [-0.05, 0) is 6.07 Å². The third-order valence-electron chi connectivity index (χ3n) is 2.96. The van der Waals surface area contributed by atoms with Gasteiger partial charge < -0.3 is 14.5 Å². The van der Waals surface area contributed by atoms with Gasteiger partial charge in [0.25, 0.3) is 0 Å². The topological polar surface area (TPSA) is 47.1 Å². The maximum Gasteiger partial charge on any atom is 0.162 e. The smallest absolute Gasteiger partial charge is 0.162 e. The number of halogens is 1. The minimum absolute atomic E-state index is 0.617. The van der Waals surface area contributed by atoms with E-state index in [1.54, 1.807) is 26.6 Å². The van der Waals surface area contributed by atoms with Crippen LogP contribution in [0.25, 0.3) is 21.8 Å². The highest BCUT2D eigenvalue weighted by molar-refractivity contribution is 6.37. The van der Waals surface area contributed by atoms with Crippen molar-refractivity contribution >= 4 is 33.4 Å². The van der Waals surface area contributed by atoms with Gasteiger partial charge in [-0.3, -0.25) is 4.98 Å². The molecule has 18 heavy (non-hydrogen) atoms. The lowest BCUT2D eigenvalue weighted by atomic mass is 10.1. The van der Waals surface area contributed by atoms with Crippen LogP contribution in [0.3, 0.4) is 0 Å². The van der Waals surface area contributed by atoms with Crippen LogP contribution in [0.5, 0.6) is 11.5 Å². The molecule has 1 N–H and O–H groups in total. The molecule has 0 aliphatic carbocycles. The van der Waals surface area contributed by atoms with E-state index >= 15 is 0 Å². The van der Waals surface area contributed by atoms with E-state index in [1.807, 2.05) is 12.1 Å². The van der Waals surface area contributed by atoms with Crippen molar-refractivity contribution in [3.63, 3.8) is 0 Å². The number of aromatic amines is 1. The van der Waals surface area contributed by atoms with Crippen molar-refractivity contribution in [3.05, 3.63) is 29.5 Å². The number of fused-ring (bicyclic) bond motifs is 3. The number of nitrogens with zero attached hydrogens (tertiary/aromatic N) is 1. The molecule has 0 amide bonds. The molecular formula is C13H11ClN2O2. The zero-order valence-electron chi connectivity index (χ0n) is 9.95. The van der Waals surface area contributed by atoms with Gasteiger partial charge in [-0.2, -0.15) is 0 Å². The Kier molecular flexibility index (Phi) is 2.52. The molecule has 3 rings (SSSR count). The molecule has 0 saturated heterocycles. The maximum atomic E-state index is 6.19. The van der Waals surface area contributed by atoms with Crippen molar-refractivity contribution < 1.29 is 9.47 Å². The van der Waals surface area contributed by atoms with Gasteiger partial charge in [-0.1, -0.05) is 11.6 Å². The van der Waals surface area contributed by atoms with Crippen LogP contribution in [-0.4, -0.2) is 24.2 Å². The van der Waals surface area contributed by atoms with Crippen LogP contribution in [0, 0.1) is 0 Å². The Morgan fingerprint density at radius 3 is 2.50 bits per heavy atom. The molecule has 0 unspecified atom stereocenters. The van der Waals surface area contributed by atoms with Crippen LogP contribution in [0.15, 0.2) is 24.5 Å². The van der Waals surface area contributed by atoms with Crippen molar-refractivity contribution in [3.8, 4) is 11.5 Å². The highest BCUT2D eigenvalue weighted by Crippen LogP contribution is 2.37. The van der Waals surface area contributed by atoms with E-state index in [0.29, 0.717) is 16.5 Å². The first kappa shape index (κ1) is 11.2. The minimum Gasteiger partial charge on any atom is -0.493 e. The molecule has 1 aromatic carbocycles. The van der Waals surface area contributed by atoms with Crippen molar-refractivity contribution in [1.29, 1.82) is 0 Å². The van der Waals surface area contributed by atoms with Crippen LogP contribution in [0.2, 0.25) is 5.02 Å². The van der Waals surface area contributed by atoms with Gasteiger partial charge in [0.05, 0.1) is 36.5 Å². The standard InChI is InChI=1S/C13H11ClN2O2/c1-17-11-3-7-9(4-12(11)18-2)16-10-6-15-5-8(14)13(7)10/h3-6,16H,1-2H3. The Hall–Kier alpha value is -1.94. The molecule has 2 aromatic heterocycles. The van der Waals surface area contributed by atoms with E-state index in [1.165, 1.54) is 0 Å². The zero-order chi connectivity index (χ0) is 12.7. The molecule has 0 bridgehead atoms. The average molecular weight is 263 g/mol. The summed E-state index contributed by atoms with van der Waals surface area (Å²) in [6.07, 6.45) is 3.38. The summed E-state index contributed by atoms with van der Waals surface area (Å²) in [4.78, 5) is 7.33. The lowest BCUT2D eigenvalue weighted by Crippen LogP contribution is -1.89. The highest BCUT2D eigenvalue weighted by Gasteiger charge is 2.12. The van der Waals surface area contributed by atoms with Crippen molar-refractivity contribution in [1.82, 2.24) is 9.97 Å². The second kappa shape index (κ2) is 4.07. The van der Waals surface area contributed by atoms with E-state index < -0.39 is 0 Å². The van der Waals surface area contributed by atoms with Gasteiger partial charge in [0.1, 0.15) is 0 Å². The summed E-state index contributed by atoms with van der Waals surface area (Å²) < 4.78 is 10.6. The molecule has 3 aromatic rings. The highest BCUT2D eigenvalue weighted by atomic mass is 35.5. The van der Waals surface area contributed by atoms with Crippen molar-refractivity contribution in [2.75, 3.05) is 14.2 Å². The second-order valence-corrected chi connectivity index (χ2v) is 4.33. The Morgan fingerprint density at radius 2 is 1.78 bits per heavy atom. The van der Waals surface area contributed by atoms with Gasteiger partial charge in [-0.15, -0.1) is 0 Å². The van der Waals surface area contributed by atoms with E-state index in [2.05, 4.69) is 9.97 Å². The molecule has 5 heteroatoms. The normalized spacial score (nSPS) is 11.1. The van der Waals surface area contributed by atoms with Crippen LogP contribution < -0.4 is 9.47 Å². The third-order valence-corrected chi connectivity index (χ3v) is 3.25. The Bertz CT molecular complexity index is 737. The van der Waals surface area contributed by atoms with Crippen LogP contribution in [-0.2, 0) is 0 Å². The molecule has 0 atom stereocenters. The van der Waals surface area contributed by atoms with Gasteiger partial charge in [-0.25, -0.2) is 0 Å². The molecule has 0 spiro atoms. The molecule has 0 radical (unpaired) electrons. The van der Waals surface area contributed by atoms with Crippen molar-refractivity contribution in [2.24, 2.45) is 0 Å². The SMILES string of the molecule is COc1cc2[nH]c3cncc(Cl)c3c2cc1OC. The van der Waals surface area contributed by atoms with Crippen LogP contribution >= 0.6 is 11.6 Å². The summed E-state index contributed by atoms with van der Waals surface area (Å²) in [5.74, 6) is 1.36. The molecule has 2 heterocycles. The first-order chi connectivity index (χ1) is 8.74. The van der Waals surface area contributed by atoms with Gasteiger partial charge in [0, 0.05) is 23.0 Å². The minimum atomic E-state index is 0.617. The predicted molar refractivity (Wildman–Crippen MR) is 71.7 cm³/mol. The summed E-state index contributed by atoms with van der Waals surface area (Å²) in [6.45, 7) is 0. The second-order valence-electron chi connectivity index (χ2n) is 3.92. The fourth-order valence-corrected chi connectivity index (χ4v) is 2.40. The number of methoxy groups -OCH3 is 2. The Labute approximate surface area is 108 Å². The largest absolute Gasteiger partial charge is 0.493 e. The van der Waals surface area contributed by atoms with Crippen LogP contribution in [0.4, 0.5) is 0 Å². The Balaban J connectivity index is 2.45. The number of hydrogen-bond acceptors (Lipinski definition) is 3. The number of pyridine rings is 1. The van der Waals surface area contributed by atoms with Gasteiger partial charge in [0.15, 0.2) is 11.5 Å². The number of rotatable bonds is 2. The molecule has 0 aliphatic heterocycles. The number of aromatic nitrogens is 2. The molecule has 0 aliphatic rings. The maximum absolute atomic E-state index is 6.19. The average Bonchev–Trinajstić information content (AvgIpc) is 2.75. The number of H-pyrrole nitrogens is 1. The molecule has 0 fully saturated rings. The van der Waals surface area contributed by atoms with E-state index in [9.17, 15) is 0 Å². The lowest BCUT2D eigenvalue weighted by Gasteiger charge is -2.07. The van der Waals surface area contributed by atoms with Crippen LogP contribution in [0.1, 0.15) is 0 Å². The van der Waals surface area contributed by atoms with Crippen molar-refractivity contribution in [2.45, 2.75) is 0 Å². The van der Waals surface area contributed by atoms with E-state index in [0.717, 1.165) is 21.8 Å². The quantitative estimate of drug-likeness (QED) is 0.770. The van der Waals surface area contributed by atoms with E-state index in [4.69, 9.17) is 21.1 Å². The molecular weight excluding hydrogens is 252 g/mol. The fraction of sp³-hybridized carbons (Fsp3) is 0.154. The number of benzene rings is 1. The summed E-state index contributed by atoms with van der Waals surface area (Å²) >= 11 is 6.19. The summed E-state index contributed by atoms with van der Waals surface area (Å²) in [5, 5.41) is 2.56. The predicted octanol–water partition coefficient (Wildman–Crippen LogP) is 3.39. The first-order valence-corrected chi connectivity index (χ1v) is 5.79. The van der Waals surface area contributed by atoms with Gasteiger partial charge >= 0.3 is 0 Å². The fourth-order valence-electron chi connectivity index (χ4n) is 2.14. The third kappa shape index (κ3) is 1.49. The monoisotopic (exact) mass is 262 g/mol. The molecule has 92 valence electrons. The molecule has 4 nitrogen and oxygen atoms in total. The Morgan fingerprint density at radius 1 is 1.06 bits per heavy atom. The number of nitrogens with one attached hydrogen (secondary N) is 1. The van der Waals surface area contributed by atoms with Gasteiger partial charge in [0.2, 0.25) is 0 Å². The summed E-state index contributed by atoms with van der Waals surface area (Å²) in [7, 11) is 3.22. The summed E-state index contributed by atoms with van der Waals surface area (Å²) in [5.41, 5.74) is 1.84. The molecule has 0 saturated carbocycles. The lowest BCUT2D eigenvalue weighted by molar-refractivity contribution is 0.356. The number of ether oxygens (including phenoxy) is 2. The summed E-state index contributed by atoms with van der Waals surface area (Å²) in [6, 6.07) is 3.81. The first-order valence-electron chi connectivity index (χ1n) is 5.41.